The third kappa shape index (κ3) is 3.52. The van der Waals surface area contributed by atoms with Gasteiger partial charge in [0.15, 0.2) is 0 Å². The summed E-state index contributed by atoms with van der Waals surface area (Å²) in [5.41, 5.74) is 3.06. The quantitative estimate of drug-likeness (QED) is 0.914. The molecule has 1 N–H and O–H groups in total. The van der Waals surface area contributed by atoms with Crippen molar-refractivity contribution in [2.45, 2.75) is 52.1 Å². The Labute approximate surface area is 122 Å². The number of nitrogens with zero attached hydrogens (tertiary/aromatic N) is 2. The van der Waals surface area contributed by atoms with Gasteiger partial charge < -0.3 is 10.2 Å². The summed E-state index contributed by atoms with van der Waals surface area (Å²) in [6.45, 7) is 8.66. The molecule has 1 saturated heterocycles. The molecule has 1 aromatic rings. The van der Waals surface area contributed by atoms with Gasteiger partial charge in [-0.05, 0) is 63.9 Å². The van der Waals surface area contributed by atoms with E-state index in [4.69, 9.17) is 5.26 Å². The maximum Gasteiger partial charge on any atom is 0.0994 e. The maximum atomic E-state index is 9.04. The molecule has 0 amide bonds. The molecule has 1 atom stereocenters. The molecular weight excluding hydrogens is 246 g/mol. The highest BCUT2D eigenvalue weighted by Crippen LogP contribution is 2.22. The van der Waals surface area contributed by atoms with Crippen molar-refractivity contribution < 1.29 is 0 Å². The predicted molar refractivity (Wildman–Crippen MR) is 84.0 cm³/mol. The lowest BCUT2D eigenvalue weighted by atomic mass is 10.0. The smallest absolute Gasteiger partial charge is 0.0994 e. The Kier molecular flexibility index (Phi) is 5.03. The van der Waals surface area contributed by atoms with Gasteiger partial charge in [-0.2, -0.15) is 5.26 Å². The lowest BCUT2D eigenvalue weighted by Crippen LogP contribution is -2.46. The molecule has 1 aliphatic heterocycles. The van der Waals surface area contributed by atoms with Crippen LogP contribution in [-0.2, 0) is 0 Å². The molecule has 0 spiro atoms. The van der Waals surface area contributed by atoms with E-state index in [0.29, 0.717) is 12.1 Å². The van der Waals surface area contributed by atoms with Gasteiger partial charge >= 0.3 is 0 Å². The summed E-state index contributed by atoms with van der Waals surface area (Å²) in [6.07, 6.45) is 3.89. The average molecular weight is 271 g/mol. The van der Waals surface area contributed by atoms with Gasteiger partial charge in [0.2, 0.25) is 0 Å². The Hall–Kier alpha value is -1.53. The van der Waals surface area contributed by atoms with Crippen LogP contribution < -0.4 is 10.2 Å². The van der Waals surface area contributed by atoms with Gasteiger partial charge in [-0.25, -0.2) is 0 Å². The van der Waals surface area contributed by atoms with Crippen molar-refractivity contribution in [1.29, 1.82) is 5.26 Å². The second-order valence-electron chi connectivity index (χ2n) is 6.00. The van der Waals surface area contributed by atoms with Crippen molar-refractivity contribution in [3.8, 4) is 6.07 Å². The SMILES string of the molecule is Cc1cc(N(CC2CCCCN2)C(C)C)ccc1C#N. The molecule has 3 heteroatoms. The van der Waals surface area contributed by atoms with Crippen LogP contribution in [0.5, 0.6) is 0 Å². The fourth-order valence-corrected chi connectivity index (χ4v) is 2.88. The van der Waals surface area contributed by atoms with Crippen LogP contribution in [0.15, 0.2) is 18.2 Å². The molecule has 1 heterocycles. The normalized spacial score (nSPS) is 18.9. The van der Waals surface area contributed by atoms with E-state index in [2.05, 4.69) is 42.3 Å². The molecule has 0 bridgehead atoms. The van der Waals surface area contributed by atoms with Crippen molar-refractivity contribution >= 4 is 5.69 Å². The van der Waals surface area contributed by atoms with E-state index in [9.17, 15) is 0 Å². The summed E-state index contributed by atoms with van der Waals surface area (Å²) >= 11 is 0. The Bertz CT molecular complexity index is 481. The lowest BCUT2D eigenvalue weighted by molar-refractivity contribution is 0.393. The Balaban J connectivity index is 2.15. The number of aryl methyl sites for hydroxylation is 1. The van der Waals surface area contributed by atoms with Crippen molar-refractivity contribution in [2.24, 2.45) is 0 Å². The fraction of sp³-hybridized carbons (Fsp3) is 0.588. The highest BCUT2D eigenvalue weighted by molar-refractivity contribution is 5.54. The summed E-state index contributed by atoms with van der Waals surface area (Å²) in [7, 11) is 0. The molecule has 0 radical (unpaired) electrons. The molecular formula is C17H25N3. The van der Waals surface area contributed by atoms with Crippen molar-refractivity contribution in [1.82, 2.24) is 5.32 Å². The topological polar surface area (TPSA) is 39.1 Å². The van der Waals surface area contributed by atoms with Gasteiger partial charge in [-0.1, -0.05) is 6.42 Å². The molecule has 0 aromatic heterocycles. The van der Waals surface area contributed by atoms with Crippen LogP contribution in [-0.4, -0.2) is 25.2 Å². The van der Waals surface area contributed by atoms with Crippen LogP contribution in [0.4, 0.5) is 5.69 Å². The van der Waals surface area contributed by atoms with E-state index in [1.165, 1.54) is 24.9 Å². The zero-order chi connectivity index (χ0) is 14.5. The zero-order valence-electron chi connectivity index (χ0n) is 12.8. The molecule has 20 heavy (non-hydrogen) atoms. The number of nitrogens with one attached hydrogen (secondary N) is 1. The molecule has 1 fully saturated rings. The molecule has 3 nitrogen and oxygen atoms in total. The number of benzene rings is 1. The first-order valence-electron chi connectivity index (χ1n) is 7.62. The van der Waals surface area contributed by atoms with E-state index in [1.54, 1.807) is 0 Å². The highest BCUT2D eigenvalue weighted by Gasteiger charge is 2.19. The number of piperidine rings is 1. The highest BCUT2D eigenvalue weighted by atomic mass is 15.2. The first-order valence-corrected chi connectivity index (χ1v) is 7.62. The average Bonchev–Trinajstić information content (AvgIpc) is 2.45. The molecule has 108 valence electrons. The van der Waals surface area contributed by atoms with E-state index < -0.39 is 0 Å². The molecule has 0 aliphatic carbocycles. The predicted octanol–water partition coefficient (Wildman–Crippen LogP) is 3.22. The second-order valence-corrected chi connectivity index (χ2v) is 6.00. The fourth-order valence-electron chi connectivity index (χ4n) is 2.88. The third-order valence-electron chi connectivity index (χ3n) is 4.11. The Morgan fingerprint density at radius 2 is 2.20 bits per heavy atom. The van der Waals surface area contributed by atoms with Crippen LogP contribution in [0.2, 0.25) is 0 Å². The summed E-state index contributed by atoms with van der Waals surface area (Å²) in [5.74, 6) is 0. The van der Waals surface area contributed by atoms with Crippen molar-refractivity contribution in [3.63, 3.8) is 0 Å². The molecule has 2 rings (SSSR count). The van der Waals surface area contributed by atoms with Crippen LogP contribution in [0.25, 0.3) is 0 Å². The van der Waals surface area contributed by atoms with Gasteiger partial charge in [0, 0.05) is 24.3 Å². The number of anilines is 1. The number of rotatable bonds is 4. The first-order chi connectivity index (χ1) is 9.61. The van der Waals surface area contributed by atoms with Gasteiger partial charge in [0.25, 0.3) is 0 Å². The lowest BCUT2D eigenvalue weighted by Gasteiger charge is -2.35. The Morgan fingerprint density at radius 1 is 1.40 bits per heavy atom. The molecule has 1 unspecified atom stereocenters. The minimum absolute atomic E-state index is 0.464. The maximum absolute atomic E-state index is 9.04. The summed E-state index contributed by atoms with van der Waals surface area (Å²) in [4.78, 5) is 2.44. The van der Waals surface area contributed by atoms with Gasteiger partial charge in [0.1, 0.15) is 0 Å². The van der Waals surface area contributed by atoms with Crippen LogP contribution in [0.3, 0.4) is 0 Å². The minimum Gasteiger partial charge on any atom is -0.368 e. The van der Waals surface area contributed by atoms with E-state index in [1.807, 2.05) is 13.0 Å². The zero-order valence-corrected chi connectivity index (χ0v) is 12.8. The van der Waals surface area contributed by atoms with Gasteiger partial charge in [-0.3, -0.25) is 0 Å². The second kappa shape index (κ2) is 6.76. The largest absolute Gasteiger partial charge is 0.368 e. The van der Waals surface area contributed by atoms with E-state index in [0.717, 1.165) is 24.2 Å². The summed E-state index contributed by atoms with van der Waals surface area (Å²) < 4.78 is 0. The molecule has 1 aromatic carbocycles. The van der Waals surface area contributed by atoms with Crippen molar-refractivity contribution in [3.05, 3.63) is 29.3 Å². The molecule has 1 aliphatic rings. The van der Waals surface area contributed by atoms with Crippen molar-refractivity contribution in [2.75, 3.05) is 18.0 Å². The van der Waals surface area contributed by atoms with Crippen LogP contribution in [0, 0.1) is 18.3 Å². The van der Waals surface area contributed by atoms with E-state index >= 15 is 0 Å². The monoisotopic (exact) mass is 271 g/mol. The number of nitriles is 1. The van der Waals surface area contributed by atoms with E-state index in [-0.39, 0.29) is 0 Å². The van der Waals surface area contributed by atoms with Gasteiger partial charge in [0.05, 0.1) is 11.6 Å². The van der Waals surface area contributed by atoms with Gasteiger partial charge in [-0.15, -0.1) is 0 Å². The summed E-state index contributed by atoms with van der Waals surface area (Å²) in [6, 6.07) is 9.45. The molecule has 0 saturated carbocycles. The number of hydrogen-bond donors (Lipinski definition) is 1. The van der Waals surface area contributed by atoms with Crippen LogP contribution in [0.1, 0.15) is 44.2 Å². The Morgan fingerprint density at radius 3 is 2.75 bits per heavy atom. The third-order valence-corrected chi connectivity index (χ3v) is 4.11. The number of hydrogen-bond acceptors (Lipinski definition) is 3. The summed E-state index contributed by atoms with van der Waals surface area (Å²) in [5, 5.41) is 12.7. The van der Waals surface area contributed by atoms with Crippen LogP contribution >= 0.6 is 0 Å². The standard InChI is InChI=1S/C17H25N3/c1-13(2)20(12-16-6-4-5-9-19-16)17-8-7-15(11-18)14(3)10-17/h7-8,10,13,16,19H,4-6,9,12H2,1-3H3. The minimum atomic E-state index is 0.464. The first kappa shape index (κ1) is 14.9.